The van der Waals surface area contributed by atoms with Crippen molar-refractivity contribution >= 4 is 11.6 Å². The van der Waals surface area contributed by atoms with E-state index in [-0.39, 0.29) is 0 Å². The van der Waals surface area contributed by atoms with Crippen molar-refractivity contribution in [1.29, 1.82) is 0 Å². The Bertz CT molecular complexity index is 477. The lowest BCUT2D eigenvalue weighted by atomic mass is 10.3. The van der Waals surface area contributed by atoms with Crippen molar-refractivity contribution in [3.8, 4) is 11.5 Å². The molecular weight excluding hydrogens is 210 g/mol. The highest BCUT2D eigenvalue weighted by Crippen LogP contribution is 2.15. The molecule has 15 heavy (non-hydrogen) atoms. The number of aromatic nitrogens is 3. The molecule has 0 amide bonds. The van der Waals surface area contributed by atoms with Crippen molar-refractivity contribution in [2.45, 2.75) is 13.8 Å². The smallest absolute Gasteiger partial charge is 0.178 e. The second kappa shape index (κ2) is 3.95. The SMILES string of the molecule is Cc1cc(C)nc(-c2cccc(Cl)n2)n1. The summed E-state index contributed by atoms with van der Waals surface area (Å²) >= 11 is 5.81. The second-order valence-corrected chi connectivity index (χ2v) is 3.71. The highest BCUT2D eigenvalue weighted by atomic mass is 35.5. The van der Waals surface area contributed by atoms with Gasteiger partial charge in [-0.05, 0) is 32.0 Å². The monoisotopic (exact) mass is 219 g/mol. The maximum Gasteiger partial charge on any atom is 0.178 e. The predicted molar refractivity (Wildman–Crippen MR) is 59.7 cm³/mol. The van der Waals surface area contributed by atoms with E-state index in [0.717, 1.165) is 11.4 Å². The van der Waals surface area contributed by atoms with Gasteiger partial charge in [-0.25, -0.2) is 15.0 Å². The van der Waals surface area contributed by atoms with Crippen molar-refractivity contribution in [2.24, 2.45) is 0 Å². The first-order valence-corrected chi connectivity index (χ1v) is 4.98. The number of hydrogen-bond donors (Lipinski definition) is 0. The lowest BCUT2D eigenvalue weighted by Gasteiger charge is -2.02. The Balaban J connectivity index is 2.54. The summed E-state index contributed by atoms with van der Waals surface area (Å²) in [6, 6.07) is 7.34. The van der Waals surface area contributed by atoms with E-state index in [9.17, 15) is 0 Å². The number of rotatable bonds is 1. The number of hydrogen-bond acceptors (Lipinski definition) is 3. The Labute approximate surface area is 93.2 Å². The van der Waals surface area contributed by atoms with Crippen LogP contribution in [0.15, 0.2) is 24.3 Å². The summed E-state index contributed by atoms with van der Waals surface area (Å²) in [7, 11) is 0. The molecule has 4 heteroatoms. The third kappa shape index (κ3) is 2.30. The molecule has 0 aliphatic heterocycles. The molecule has 0 aliphatic rings. The van der Waals surface area contributed by atoms with E-state index >= 15 is 0 Å². The summed E-state index contributed by atoms with van der Waals surface area (Å²) in [6.45, 7) is 3.87. The van der Waals surface area contributed by atoms with Crippen LogP contribution in [-0.2, 0) is 0 Å². The van der Waals surface area contributed by atoms with Gasteiger partial charge in [0.2, 0.25) is 0 Å². The van der Waals surface area contributed by atoms with Crippen molar-refractivity contribution in [1.82, 2.24) is 15.0 Å². The molecule has 0 fully saturated rings. The van der Waals surface area contributed by atoms with E-state index < -0.39 is 0 Å². The van der Waals surface area contributed by atoms with E-state index in [1.807, 2.05) is 32.0 Å². The lowest BCUT2D eigenvalue weighted by Crippen LogP contribution is -1.96. The van der Waals surface area contributed by atoms with E-state index in [2.05, 4.69) is 15.0 Å². The number of aryl methyl sites for hydroxylation is 2. The fraction of sp³-hybridized carbons (Fsp3) is 0.182. The summed E-state index contributed by atoms with van der Waals surface area (Å²) in [5.74, 6) is 0.620. The molecular formula is C11H10ClN3. The van der Waals surface area contributed by atoms with Crippen LogP contribution in [0.4, 0.5) is 0 Å². The van der Waals surface area contributed by atoms with E-state index in [1.54, 1.807) is 6.07 Å². The zero-order valence-corrected chi connectivity index (χ0v) is 9.28. The topological polar surface area (TPSA) is 38.7 Å². The van der Waals surface area contributed by atoms with Gasteiger partial charge in [0.15, 0.2) is 5.82 Å². The predicted octanol–water partition coefficient (Wildman–Crippen LogP) is 2.81. The Morgan fingerprint density at radius 3 is 2.27 bits per heavy atom. The van der Waals surface area contributed by atoms with Gasteiger partial charge in [0.05, 0.1) is 0 Å². The first kappa shape index (κ1) is 10.1. The van der Waals surface area contributed by atoms with E-state index in [4.69, 9.17) is 11.6 Å². The minimum atomic E-state index is 0.454. The number of nitrogens with zero attached hydrogens (tertiary/aromatic N) is 3. The van der Waals surface area contributed by atoms with Gasteiger partial charge in [-0.2, -0.15) is 0 Å². The Morgan fingerprint density at radius 1 is 1.00 bits per heavy atom. The van der Waals surface area contributed by atoms with Crippen LogP contribution in [0.5, 0.6) is 0 Å². The Morgan fingerprint density at radius 2 is 1.67 bits per heavy atom. The molecule has 0 saturated carbocycles. The average molecular weight is 220 g/mol. The summed E-state index contributed by atoms with van der Waals surface area (Å²) in [4.78, 5) is 12.8. The van der Waals surface area contributed by atoms with Gasteiger partial charge >= 0.3 is 0 Å². The summed E-state index contributed by atoms with van der Waals surface area (Å²) in [6.07, 6.45) is 0. The van der Waals surface area contributed by atoms with Gasteiger partial charge in [0.1, 0.15) is 10.8 Å². The molecule has 76 valence electrons. The maximum absolute atomic E-state index is 5.81. The average Bonchev–Trinajstić information content (AvgIpc) is 2.16. The van der Waals surface area contributed by atoms with Gasteiger partial charge in [0.25, 0.3) is 0 Å². The van der Waals surface area contributed by atoms with Crippen LogP contribution in [-0.4, -0.2) is 15.0 Å². The van der Waals surface area contributed by atoms with Crippen LogP contribution in [0, 0.1) is 13.8 Å². The summed E-state index contributed by atoms with van der Waals surface area (Å²) in [5.41, 5.74) is 2.56. The molecule has 0 unspecified atom stereocenters. The molecule has 0 radical (unpaired) electrons. The van der Waals surface area contributed by atoms with Crippen molar-refractivity contribution in [3.63, 3.8) is 0 Å². The Hall–Kier alpha value is -1.48. The van der Waals surface area contributed by atoms with Crippen molar-refractivity contribution in [3.05, 3.63) is 40.8 Å². The van der Waals surface area contributed by atoms with Crippen LogP contribution in [0.25, 0.3) is 11.5 Å². The molecule has 0 N–H and O–H groups in total. The van der Waals surface area contributed by atoms with Crippen molar-refractivity contribution < 1.29 is 0 Å². The fourth-order valence-electron chi connectivity index (χ4n) is 1.37. The highest BCUT2D eigenvalue weighted by Gasteiger charge is 2.04. The van der Waals surface area contributed by atoms with Gasteiger partial charge in [-0.15, -0.1) is 0 Å². The molecule has 2 rings (SSSR count). The minimum absolute atomic E-state index is 0.454. The summed E-state index contributed by atoms with van der Waals surface area (Å²) in [5, 5.41) is 0.454. The third-order valence-corrected chi connectivity index (χ3v) is 2.14. The van der Waals surface area contributed by atoms with Gasteiger partial charge < -0.3 is 0 Å². The molecule has 0 spiro atoms. The second-order valence-electron chi connectivity index (χ2n) is 3.32. The molecule has 0 bridgehead atoms. The summed E-state index contributed by atoms with van der Waals surface area (Å²) < 4.78 is 0. The molecule has 0 aromatic carbocycles. The first-order chi connectivity index (χ1) is 7.15. The van der Waals surface area contributed by atoms with E-state index in [0.29, 0.717) is 16.7 Å². The van der Waals surface area contributed by atoms with Crippen LogP contribution in [0.1, 0.15) is 11.4 Å². The number of pyridine rings is 1. The van der Waals surface area contributed by atoms with Gasteiger partial charge in [-0.3, -0.25) is 0 Å². The molecule has 0 saturated heterocycles. The molecule has 0 aliphatic carbocycles. The zero-order chi connectivity index (χ0) is 10.8. The minimum Gasteiger partial charge on any atom is -0.233 e. The number of halogens is 1. The molecule has 0 atom stereocenters. The zero-order valence-electron chi connectivity index (χ0n) is 8.53. The molecule has 2 aromatic heterocycles. The first-order valence-electron chi connectivity index (χ1n) is 4.60. The third-order valence-electron chi connectivity index (χ3n) is 1.93. The molecule has 2 heterocycles. The van der Waals surface area contributed by atoms with Crippen LogP contribution in [0.3, 0.4) is 0 Å². The van der Waals surface area contributed by atoms with Crippen molar-refractivity contribution in [2.75, 3.05) is 0 Å². The van der Waals surface area contributed by atoms with Gasteiger partial charge in [-0.1, -0.05) is 17.7 Å². The fourth-order valence-corrected chi connectivity index (χ4v) is 1.54. The standard InChI is InChI=1S/C11H10ClN3/c1-7-6-8(2)14-11(13-7)9-4-3-5-10(12)15-9/h3-6H,1-2H3. The van der Waals surface area contributed by atoms with Gasteiger partial charge in [0, 0.05) is 11.4 Å². The lowest BCUT2D eigenvalue weighted by molar-refractivity contribution is 1.05. The highest BCUT2D eigenvalue weighted by molar-refractivity contribution is 6.29. The van der Waals surface area contributed by atoms with Crippen LogP contribution in [0.2, 0.25) is 5.15 Å². The maximum atomic E-state index is 5.81. The molecule has 2 aromatic rings. The van der Waals surface area contributed by atoms with Crippen LogP contribution < -0.4 is 0 Å². The Kier molecular flexibility index (Phi) is 2.64. The largest absolute Gasteiger partial charge is 0.233 e. The van der Waals surface area contributed by atoms with E-state index in [1.165, 1.54) is 0 Å². The quantitative estimate of drug-likeness (QED) is 0.693. The normalized spacial score (nSPS) is 10.3. The molecule has 3 nitrogen and oxygen atoms in total. The van der Waals surface area contributed by atoms with Crippen LogP contribution >= 0.6 is 11.6 Å².